The molecule has 2 aromatic rings. The predicted octanol–water partition coefficient (Wildman–Crippen LogP) is 3.07. The summed E-state index contributed by atoms with van der Waals surface area (Å²) in [5, 5.41) is 9.99. The molecule has 2 heterocycles. The van der Waals surface area contributed by atoms with Crippen molar-refractivity contribution >= 4 is 6.09 Å². The number of benzene rings is 1. The third kappa shape index (κ3) is 6.06. The van der Waals surface area contributed by atoms with Crippen LogP contribution in [-0.4, -0.2) is 45.8 Å². The number of nitrogens with zero attached hydrogens (tertiary/aromatic N) is 3. The number of carbonyl (C=O) groups is 1. The van der Waals surface area contributed by atoms with E-state index in [0.717, 1.165) is 43.9 Å². The summed E-state index contributed by atoms with van der Waals surface area (Å²) >= 11 is 0. The van der Waals surface area contributed by atoms with Gasteiger partial charge in [0.15, 0.2) is 5.82 Å². The fraction of sp³-hybridized carbons (Fsp3) is 0.550. The van der Waals surface area contributed by atoms with Gasteiger partial charge in [0, 0.05) is 12.5 Å². The summed E-state index contributed by atoms with van der Waals surface area (Å²) in [7, 11) is 0. The molecule has 0 radical (unpaired) electrons. The highest BCUT2D eigenvalue weighted by Gasteiger charge is 2.24. The minimum atomic E-state index is -0.459. The summed E-state index contributed by atoms with van der Waals surface area (Å²) in [6, 6.07) is 9.60. The van der Waals surface area contributed by atoms with Crippen molar-refractivity contribution in [3.63, 3.8) is 0 Å². The van der Waals surface area contributed by atoms with Gasteiger partial charge in [-0.15, -0.1) is 0 Å². The summed E-state index contributed by atoms with van der Waals surface area (Å²) in [5.41, 5.74) is 0.957. The van der Waals surface area contributed by atoms with E-state index in [4.69, 9.17) is 4.74 Å². The number of aromatic amines is 1. The normalized spacial score (nSPS) is 15.8. The van der Waals surface area contributed by atoms with E-state index in [2.05, 4.69) is 39.2 Å². The third-order valence-electron chi connectivity index (χ3n) is 4.74. The molecule has 1 saturated heterocycles. The number of aromatic nitrogens is 3. The maximum atomic E-state index is 11.8. The molecule has 2 N–H and O–H groups in total. The van der Waals surface area contributed by atoms with Gasteiger partial charge in [0.25, 0.3) is 0 Å². The van der Waals surface area contributed by atoms with E-state index in [0.29, 0.717) is 17.7 Å². The molecule has 3 rings (SSSR count). The number of carbonyl (C=O) groups excluding carboxylic acids is 1. The van der Waals surface area contributed by atoms with Gasteiger partial charge < -0.3 is 15.0 Å². The van der Waals surface area contributed by atoms with Crippen LogP contribution in [0, 0.1) is 5.92 Å². The van der Waals surface area contributed by atoms with Gasteiger partial charge >= 0.3 is 6.09 Å². The SMILES string of the molecule is CC(C)CN1CCC(c2n[nH]c(CNC(=O)OCc3ccccc3)n2)CC1. The van der Waals surface area contributed by atoms with Crippen molar-refractivity contribution in [1.29, 1.82) is 0 Å². The Morgan fingerprint density at radius 2 is 2.04 bits per heavy atom. The number of alkyl carbamates (subject to hydrolysis) is 1. The number of rotatable bonds is 7. The van der Waals surface area contributed by atoms with Gasteiger partial charge in [0.05, 0.1) is 6.54 Å². The molecule has 146 valence electrons. The minimum absolute atomic E-state index is 0.253. The maximum Gasteiger partial charge on any atom is 0.407 e. The van der Waals surface area contributed by atoms with Gasteiger partial charge in [-0.25, -0.2) is 9.78 Å². The molecule has 0 saturated carbocycles. The Balaban J connectivity index is 1.40. The molecule has 27 heavy (non-hydrogen) atoms. The Bertz CT molecular complexity index is 708. The average molecular weight is 371 g/mol. The fourth-order valence-corrected chi connectivity index (χ4v) is 3.39. The van der Waals surface area contributed by atoms with E-state index in [1.54, 1.807) is 0 Å². The van der Waals surface area contributed by atoms with Gasteiger partial charge in [-0.1, -0.05) is 44.2 Å². The Morgan fingerprint density at radius 1 is 1.30 bits per heavy atom. The molecular weight excluding hydrogens is 342 g/mol. The highest BCUT2D eigenvalue weighted by molar-refractivity contribution is 5.67. The zero-order valence-electron chi connectivity index (χ0n) is 16.1. The lowest BCUT2D eigenvalue weighted by atomic mass is 9.95. The molecule has 0 spiro atoms. The van der Waals surface area contributed by atoms with Crippen molar-refractivity contribution in [1.82, 2.24) is 25.4 Å². The highest BCUT2D eigenvalue weighted by Crippen LogP contribution is 2.25. The van der Waals surface area contributed by atoms with Gasteiger partial charge in [-0.3, -0.25) is 5.10 Å². The van der Waals surface area contributed by atoms with Gasteiger partial charge in [-0.05, 0) is 37.4 Å². The zero-order chi connectivity index (χ0) is 19.1. The summed E-state index contributed by atoms with van der Waals surface area (Å²) in [5.74, 6) is 2.60. The van der Waals surface area contributed by atoms with Crippen LogP contribution >= 0.6 is 0 Å². The smallest absolute Gasteiger partial charge is 0.407 e. The van der Waals surface area contributed by atoms with Crippen molar-refractivity contribution in [3.8, 4) is 0 Å². The number of hydrogen-bond donors (Lipinski definition) is 2. The Hall–Kier alpha value is -2.41. The predicted molar refractivity (Wildman–Crippen MR) is 103 cm³/mol. The first-order valence-electron chi connectivity index (χ1n) is 9.68. The van der Waals surface area contributed by atoms with Crippen LogP contribution in [0.2, 0.25) is 0 Å². The Kier molecular flexibility index (Phi) is 6.81. The number of H-pyrrole nitrogens is 1. The number of hydrogen-bond acceptors (Lipinski definition) is 5. The molecule has 1 aliphatic heterocycles. The molecule has 7 heteroatoms. The summed E-state index contributed by atoms with van der Waals surface area (Å²) < 4.78 is 5.20. The van der Waals surface area contributed by atoms with Crippen molar-refractivity contribution < 1.29 is 9.53 Å². The van der Waals surface area contributed by atoms with Gasteiger partial charge in [0.1, 0.15) is 12.4 Å². The molecule has 1 aliphatic rings. The lowest BCUT2D eigenvalue weighted by Crippen LogP contribution is -2.35. The minimum Gasteiger partial charge on any atom is -0.445 e. The van der Waals surface area contributed by atoms with E-state index in [-0.39, 0.29) is 13.2 Å². The fourth-order valence-electron chi connectivity index (χ4n) is 3.39. The molecular formula is C20H29N5O2. The lowest BCUT2D eigenvalue weighted by molar-refractivity contribution is 0.139. The van der Waals surface area contributed by atoms with Crippen LogP contribution in [-0.2, 0) is 17.9 Å². The summed E-state index contributed by atoms with van der Waals surface area (Å²) in [6.07, 6.45) is 1.70. The van der Waals surface area contributed by atoms with Crippen LogP contribution in [0.1, 0.15) is 49.8 Å². The van der Waals surface area contributed by atoms with Crippen LogP contribution in [0.4, 0.5) is 4.79 Å². The maximum absolute atomic E-state index is 11.8. The van der Waals surface area contributed by atoms with Crippen LogP contribution < -0.4 is 5.32 Å². The standard InChI is InChI=1S/C20H29N5O2/c1-15(2)13-25-10-8-17(9-11-25)19-22-18(23-24-19)12-21-20(26)27-14-16-6-4-3-5-7-16/h3-7,15,17H,8-14H2,1-2H3,(H,21,26)(H,22,23,24). The molecule has 1 aromatic carbocycles. The second kappa shape index (κ2) is 9.50. The van der Waals surface area contributed by atoms with Crippen molar-refractivity contribution in [3.05, 3.63) is 47.5 Å². The first kappa shape index (κ1) is 19.4. The lowest BCUT2D eigenvalue weighted by Gasteiger charge is -2.31. The van der Waals surface area contributed by atoms with Crippen LogP contribution in [0.15, 0.2) is 30.3 Å². The van der Waals surface area contributed by atoms with Crippen molar-refractivity contribution in [2.45, 2.75) is 45.8 Å². The zero-order valence-corrected chi connectivity index (χ0v) is 16.1. The topological polar surface area (TPSA) is 83.1 Å². The van der Waals surface area contributed by atoms with Crippen LogP contribution in [0.3, 0.4) is 0 Å². The first-order chi connectivity index (χ1) is 13.1. The quantitative estimate of drug-likeness (QED) is 0.781. The van der Waals surface area contributed by atoms with E-state index in [9.17, 15) is 4.79 Å². The first-order valence-corrected chi connectivity index (χ1v) is 9.68. The van der Waals surface area contributed by atoms with E-state index in [1.807, 2.05) is 30.3 Å². The number of ether oxygens (including phenoxy) is 1. The Morgan fingerprint density at radius 3 is 2.74 bits per heavy atom. The molecule has 7 nitrogen and oxygen atoms in total. The third-order valence-corrected chi connectivity index (χ3v) is 4.74. The van der Waals surface area contributed by atoms with Crippen LogP contribution in [0.5, 0.6) is 0 Å². The molecule has 0 aliphatic carbocycles. The second-order valence-corrected chi connectivity index (χ2v) is 7.52. The monoisotopic (exact) mass is 371 g/mol. The molecule has 1 amide bonds. The Labute approximate surface area is 160 Å². The molecule has 0 atom stereocenters. The molecule has 1 aromatic heterocycles. The van der Waals surface area contributed by atoms with Gasteiger partial charge in [0.2, 0.25) is 0 Å². The highest BCUT2D eigenvalue weighted by atomic mass is 16.5. The number of amides is 1. The second-order valence-electron chi connectivity index (χ2n) is 7.52. The summed E-state index contributed by atoms with van der Waals surface area (Å²) in [4.78, 5) is 18.9. The molecule has 0 unspecified atom stereocenters. The largest absolute Gasteiger partial charge is 0.445 e. The van der Waals surface area contributed by atoms with Gasteiger partial charge in [-0.2, -0.15) is 5.10 Å². The number of likely N-dealkylation sites (tertiary alicyclic amines) is 1. The molecule has 0 bridgehead atoms. The number of piperidine rings is 1. The van der Waals surface area contributed by atoms with E-state index >= 15 is 0 Å². The van der Waals surface area contributed by atoms with E-state index < -0.39 is 6.09 Å². The summed E-state index contributed by atoms with van der Waals surface area (Å²) in [6.45, 7) is 8.39. The van der Waals surface area contributed by atoms with Crippen molar-refractivity contribution in [2.24, 2.45) is 5.92 Å². The average Bonchev–Trinajstić information content (AvgIpc) is 3.15. The van der Waals surface area contributed by atoms with Crippen molar-refractivity contribution in [2.75, 3.05) is 19.6 Å². The van der Waals surface area contributed by atoms with Crippen LogP contribution in [0.25, 0.3) is 0 Å². The van der Waals surface area contributed by atoms with E-state index in [1.165, 1.54) is 0 Å². The number of nitrogens with one attached hydrogen (secondary N) is 2. The molecule has 1 fully saturated rings.